The molecule has 0 aromatic heterocycles. The van der Waals surface area contributed by atoms with Gasteiger partial charge in [-0.25, -0.2) is 0 Å². The van der Waals surface area contributed by atoms with Crippen LogP contribution in [0.1, 0.15) is 31.4 Å². The fourth-order valence-corrected chi connectivity index (χ4v) is 2.35. The summed E-state index contributed by atoms with van der Waals surface area (Å²) in [5.74, 6) is 0.914. The van der Waals surface area contributed by atoms with Gasteiger partial charge in [-0.2, -0.15) is 0 Å². The van der Waals surface area contributed by atoms with Gasteiger partial charge in [-0.1, -0.05) is 15.9 Å². The van der Waals surface area contributed by atoms with Gasteiger partial charge in [0.2, 0.25) is 0 Å². The van der Waals surface area contributed by atoms with Crippen LogP contribution in [0.5, 0.6) is 5.75 Å². The predicted molar refractivity (Wildman–Crippen MR) is 78.1 cm³/mol. The van der Waals surface area contributed by atoms with Crippen LogP contribution in [0.4, 0.5) is 0 Å². The number of nitrogens with one attached hydrogen (secondary N) is 1. The molecule has 0 aliphatic carbocycles. The quantitative estimate of drug-likeness (QED) is 0.848. The number of aliphatic hydroxyl groups is 1. The fraction of sp³-hybridized carbons (Fsp3) is 0.571. The number of hydrogen-bond donors (Lipinski definition) is 2. The molecular weight excluding hydrogens is 294 g/mol. The molecule has 1 aromatic carbocycles. The lowest BCUT2D eigenvalue weighted by molar-refractivity contribution is 0.0551. The second kappa shape index (κ2) is 6.55. The maximum atomic E-state index is 9.68. The zero-order valence-electron chi connectivity index (χ0n) is 11.5. The molecule has 0 spiro atoms. The van der Waals surface area contributed by atoms with Crippen LogP contribution in [-0.4, -0.2) is 24.4 Å². The van der Waals surface area contributed by atoms with Crippen LogP contribution >= 0.6 is 15.9 Å². The first kappa shape index (κ1) is 15.5. The van der Waals surface area contributed by atoms with Crippen molar-refractivity contribution in [3.05, 3.63) is 27.7 Å². The van der Waals surface area contributed by atoms with E-state index in [-0.39, 0.29) is 0 Å². The standard InChI is InChI=1S/C14H22BrNO2/c1-10-7-12(15)8-11(9-16-4)13(10)18-6-5-14(2,3)17/h7-8,16-17H,5-6,9H2,1-4H3. The van der Waals surface area contributed by atoms with Crippen LogP contribution in [-0.2, 0) is 6.54 Å². The second-order valence-corrected chi connectivity index (χ2v) is 6.07. The maximum absolute atomic E-state index is 9.68. The van der Waals surface area contributed by atoms with E-state index in [4.69, 9.17) is 4.74 Å². The number of aryl methyl sites for hydroxylation is 1. The highest BCUT2D eigenvalue weighted by molar-refractivity contribution is 9.10. The molecule has 0 fully saturated rings. The van der Waals surface area contributed by atoms with Crippen LogP contribution in [0.3, 0.4) is 0 Å². The van der Waals surface area contributed by atoms with E-state index in [0.29, 0.717) is 13.0 Å². The Morgan fingerprint density at radius 2 is 2.06 bits per heavy atom. The Morgan fingerprint density at radius 3 is 2.61 bits per heavy atom. The van der Waals surface area contributed by atoms with Crippen LogP contribution in [0.15, 0.2) is 16.6 Å². The summed E-state index contributed by atoms with van der Waals surface area (Å²) in [6.45, 7) is 6.89. The number of hydrogen-bond acceptors (Lipinski definition) is 3. The van der Waals surface area contributed by atoms with E-state index in [1.165, 1.54) is 0 Å². The van der Waals surface area contributed by atoms with Gasteiger partial charge in [-0.3, -0.25) is 0 Å². The lowest BCUT2D eigenvalue weighted by atomic mass is 10.1. The summed E-state index contributed by atoms with van der Waals surface area (Å²) in [5, 5.41) is 12.8. The topological polar surface area (TPSA) is 41.5 Å². The highest BCUT2D eigenvalue weighted by atomic mass is 79.9. The summed E-state index contributed by atoms with van der Waals surface area (Å²) in [4.78, 5) is 0. The van der Waals surface area contributed by atoms with E-state index in [1.54, 1.807) is 13.8 Å². The third-order valence-corrected chi connectivity index (χ3v) is 3.10. The monoisotopic (exact) mass is 315 g/mol. The molecule has 102 valence electrons. The van der Waals surface area contributed by atoms with Crippen LogP contribution in [0, 0.1) is 6.92 Å². The van der Waals surface area contributed by atoms with Crippen LogP contribution < -0.4 is 10.1 Å². The molecule has 18 heavy (non-hydrogen) atoms. The van der Waals surface area contributed by atoms with Crippen LogP contribution in [0.25, 0.3) is 0 Å². The summed E-state index contributed by atoms with van der Waals surface area (Å²) in [5.41, 5.74) is 1.54. The first-order valence-corrected chi connectivity index (χ1v) is 6.91. The minimum Gasteiger partial charge on any atom is -0.493 e. The molecule has 2 N–H and O–H groups in total. The Hall–Kier alpha value is -0.580. The minimum atomic E-state index is -0.688. The molecule has 0 amide bonds. The van der Waals surface area contributed by atoms with Gasteiger partial charge in [0.15, 0.2) is 0 Å². The van der Waals surface area contributed by atoms with Gasteiger partial charge in [0, 0.05) is 23.0 Å². The van der Waals surface area contributed by atoms with Crippen molar-refractivity contribution in [2.45, 2.75) is 39.3 Å². The van der Waals surface area contributed by atoms with Crippen molar-refractivity contribution >= 4 is 15.9 Å². The van der Waals surface area contributed by atoms with E-state index in [2.05, 4.69) is 27.3 Å². The highest BCUT2D eigenvalue weighted by Crippen LogP contribution is 2.28. The van der Waals surface area contributed by atoms with E-state index < -0.39 is 5.60 Å². The molecule has 0 saturated heterocycles. The molecule has 1 rings (SSSR count). The summed E-state index contributed by atoms with van der Waals surface area (Å²) >= 11 is 3.49. The number of rotatable bonds is 6. The third-order valence-electron chi connectivity index (χ3n) is 2.64. The van der Waals surface area contributed by atoms with Crippen LogP contribution in [0.2, 0.25) is 0 Å². The Kier molecular flexibility index (Phi) is 5.63. The van der Waals surface area contributed by atoms with E-state index in [1.807, 2.05) is 20.0 Å². The van der Waals surface area contributed by atoms with E-state index in [9.17, 15) is 5.11 Å². The summed E-state index contributed by atoms with van der Waals surface area (Å²) < 4.78 is 6.89. The van der Waals surface area contributed by atoms with Crippen molar-refractivity contribution in [3.63, 3.8) is 0 Å². The smallest absolute Gasteiger partial charge is 0.126 e. The Bertz CT molecular complexity index is 400. The van der Waals surface area contributed by atoms with Gasteiger partial charge < -0.3 is 15.2 Å². The highest BCUT2D eigenvalue weighted by Gasteiger charge is 2.14. The molecule has 0 unspecified atom stereocenters. The zero-order chi connectivity index (χ0) is 13.8. The number of ether oxygens (including phenoxy) is 1. The van der Waals surface area contributed by atoms with E-state index >= 15 is 0 Å². The second-order valence-electron chi connectivity index (χ2n) is 5.15. The molecule has 1 aromatic rings. The maximum Gasteiger partial charge on any atom is 0.126 e. The Balaban J connectivity index is 2.80. The van der Waals surface area contributed by atoms with Gasteiger partial charge in [0.25, 0.3) is 0 Å². The van der Waals surface area contributed by atoms with E-state index in [0.717, 1.165) is 27.9 Å². The van der Waals surface area contributed by atoms with Gasteiger partial charge >= 0.3 is 0 Å². The summed E-state index contributed by atoms with van der Waals surface area (Å²) in [6, 6.07) is 4.10. The predicted octanol–water partition coefficient (Wildman–Crippen LogP) is 3.02. The summed E-state index contributed by atoms with van der Waals surface area (Å²) in [7, 11) is 1.91. The van der Waals surface area contributed by atoms with Gasteiger partial charge in [0.1, 0.15) is 5.75 Å². The molecule has 0 bridgehead atoms. The van der Waals surface area contributed by atoms with Gasteiger partial charge in [-0.05, 0) is 45.5 Å². The average molecular weight is 316 g/mol. The Labute approximate surface area is 118 Å². The molecule has 0 aliphatic heterocycles. The lowest BCUT2D eigenvalue weighted by Gasteiger charge is -2.19. The summed E-state index contributed by atoms with van der Waals surface area (Å²) in [6.07, 6.45) is 0.613. The average Bonchev–Trinajstić information content (AvgIpc) is 2.20. The molecular formula is C14H22BrNO2. The van der Waals surface area contributed by atoms with Crippen molar-refractivity contribution in [3.8, 4) is 5.75 Å². The molecule has 0 radical (unpaired) electrons. The molecule has 0 heterocycles. The molecule has 4 heteroatoms. The van der Waals surface area contributed by atoms with Crippen molar-refractivity contribution in [1.82, 2.24) is 5.32 Å². The molecule has 0 aliphatic rings. The normalized spacial score (nSPS) is 11.7. The Morgan fingerprint density at radius 1 is 1.39 bits per heavy atom. The van der Waals surface area contributed by atoms with Gasteiger partial charge in [-0.15, -0.1) is 0 Å². The molecule has 0 saturated carbocycles. The van der Waals surface area contributed by atoms with Gasteiger partial charge in [0.05, 0.1) is 12.2 Å². The van der Waals surface area contributed by atoms with Crippen molar-refractivity contribution in [1.29, 1.82) is 0 Å². The molecule has 3 nitrogen and oxygen atoms in total. The van der Waals surface area contributed by atoms with Crippen molar-refractivity contribution in [2.24, 2.45) is 0 Å². The zero-order valence-corrected chi connectivity index (χ0v) is 13.1. The van der Waals surface area contributed by atoms with Crippen molar-refractivity contribution < 1.29 is 9.84 Å². The fourth-order valence-electron chi connectivity index (χ4n) is 1.73. The minimum absolute atomic E-state index is 0.517. The number of halogens is 1. The molecule has 0 atom stereocenters. The first-order chi connectivity index (χ1) is 8.33. The lowest BCUT2D eigenvalue weighted by Crippen LogP contribution is -2.22. The first-order valence-electron chi connectivity index (χ1n) is 6.12. The SMILES string of the molecule is CNCc1cc(Br)cc(C)c1OCCC(C)(C)O. The van der Waals surface area contributed by atoms with Crippen molar-refractivity contribution in [2.75, 3.05) is 13.7 Å². The number of benzene rings is 1. The largest absolute Gasteiger partial charge is 0.493 e. The third kappa shape index (κ3) is 4.96.